The monoisotopic (exact) mass is 221 g/mol. The van der Waals surface area contributed by atoms with Gasteiger partial charge in [0, 0.05) is 32.0 Å². The van der Waals surface area contributed by atoms with Crippen molar-refractivity contribution in [3.8, 4) is 0 Å². The van der Waals surface area contributed by atoms with Crippen LogP contribution >= 0.6 is 0 Å². The van der Waals surface area contributed by atoms with Gasteiger partial charge >= 0.3 is 0 Å². The molecule has 0 bridgehead atoms. The van der Waals surface area contributed by atoms with Crippen LogP contribution < -0.4 is 5.32 Å². The van der Waals surface area contributed by atoms with Crippen LogP contribution in [0.3, 0.4) is 0 Å². The van der Waals surface area contributed by atoms with Gasteiger partial charge in [0.25, 0.3) is 0 Å². The fraction of sp³-hybridized carbons (Fsp3) is 0.583. The van der Waals surface area contributed by atoms with Crippen LogP contribution in [0, 0.1) is 0 Å². The van der Waals surface area contributed by atoms with Crippen molar-refractivity contribution >= 4 is 5.69 Å². The first-order chi connectivity index (χ1) is 7.95. The highest BCUT2D eigenvalue weighted by molar-refractivity contribution is 5.39. The molecule has 0 radical (unpaired) electrons. The molecule has 1 aromatic heterocycles. The topological polar surface area (TPSA) is 37.4 Å². The van der Waals surface area contributed by atoms with Crippen molar-refractivity contribution in [2.45, 2.75) is 6.42 Å². The number of nitrogens with zero attached hydrogens (tertiary/aromatic N) is 2. The standard InChI is InChI=1S/C12H19N3O/c1-3-12(11-13-4-1)14-5-2-6-15-7-9-16-10-8-15/h1,3-4,11,14H,2,5-10H2. The van der Waals surface area contributed by atoms with Gasteiger partial charge in [-0.1, -0.05) is 0 Å². The predicted molar refractivity (Wildman–Crippen MR) is 64.6 cm³/mol. The van der Waals surface area contributed by atoms with Crippen molar-refractivity contribution < 1.29 is 4.74 Å². The number of nitrogens with one attached hydrogen (secondary N) is 1. The molecular weight excluding hydrogens is 202 g/mol. The van der Waals surface area contributed by atoms with Gasteiger partial charge in [0.15, 0.2) is 0 Å². The first kappa shape index (κ1) is 11.4. The molecule has 88 valence electrons. The summed E-state index contributed by atoms with van der Waals surface area (Å²) < 4.78 is 5.31. The maximum Gasteiger partial charge on any atom is 0.0594 e. The van der Waals surface area contributed by atoms with Crippen LogP contribution in [-0.2, 0) is 4.74 Å². The zero-order valence-corrected chi connectivity index (χ0v) is 9.56. The van der Waals surface area contributed by atoms with Crippen molar-refractivity contribution in [1.29, 1.82) is 0 Å². The maximum absolute atomic E-state index is 5.31. The Bertz CT molecular complexity index is 286. The van der Waals surface area contributed by atoms with Crippen molar-refractivity contribution in [2.75, 3.05) is 44.7 Å². The molecule has 2 rings (SSSR count). The van der Waals surface area contributed by atoms with Crippen molar-refractivity contribution in [1.82, 2.24) is 9.88 Å². The van der Waals surface area contributed by atoms with Crippen molar-refractivity contribution in [2.24, 2.45) is 0 Å². The first-order valence-corrected chi connectivity index (χ1v) is 5.89. The number of pyridine rings is 1. The minimum Gasteiger partial charge on any atom is -0.384 e. The number of ether oxygens (including phenoxy) is 1. The molecule has 0 aliphatic carbocycles. The lowest BCUT2D eigenvalue weighted by atomic mass is 10.3. The second-order valence-electron chi connectivity index (χ2n) is 3.98. The zero-order chi connectivity index (χ0) is 11.1. The molecule has 0 atom stereocenters. The molecule has 1 N–H and O–H groups in total. The van der Waals surface area contributed by atoms with Crippen LogP contribution in [0.2, 0.25) is 0 Å². The average molecular weight is 221 g/mol. The van der Waals surface area contributed by atoms with Crippen LogP contribution in [0.4, 0.5) is 5.69 Å². The highest BCUT2D eigenvalue weighted by Gasteiger charge is 2.08. The van der Waals surface area contributed by atoms with Gasteiger partial charge in [-0.15, -0.1) is 0 Å². The molecule has 0 aromatic carbocycles. The van der Waals surface area contributed by atoms with E-state index in [-0.39, 0.29) is 0 Å². The number of rotatable bonds is 5. The van der Waals surface area contributed by atoms with Crippen molar-refractivity contribution in [3.05, 3.63) is 24.5 Å². The Morgan fingerprint density at radius 2 is 2.25 bits per heavy atom. The number of hydrogen-bond acceptors (Lipinski definition) is 4. The second kappa shape index (κ2) is 6.45. The minimum absolute atomic E-state index is 0.885. The molecule has 1 aliphatic heterocycles. The molecule has 4 nitrogen and oxygen atoms in total. The van der Waals surface area contributed by atoms with E-state index < -0.39 is 0 Å². The quantitative estimate of drug-likeness (QED) is 0.759. The number of hydrogen-bond donors (Lipinski definition) is 1. The van der Waals surface area contributed by atoms with E-state index >= 15 is 0 Å². The van der Waals surface area contributed by atoms with Crippen LogP contribution in [0.25, 0.3) is 0 Å². The van der Waals surface area contributed by atoms with Gasteiger partial charge in [-0.25, -0.2) is 0 Å². The van der Waals surface area contributed by atoms with Crippen molar-refractivity contribution in [3.63, 3.8) is 0 Å². The third-order valence-electron chi connectivity index (χ3n) is 2.75. The summed E-state index contributed by atoms with van der Waals surface area (Å²) in [7, 11) is 0. The number of anilines is 1. The summed E-state index contributed by atoms with van der Waals surface area (Å²) in [4.78, 5) is 6.52. The average Bonchev–Trinajstić information content (AvgIpc) is 2.37. The summed E-state index contributed by atoms with van der Waals surface area (Å²) in [6.07, 6.45) is 4.81. The third-order valence-corrected chi connectivity index (χ3v) is 2.75. The molecule has 1 aromatic rings. The second-order valence-corrected chi connectivity index (χ2v) is 3.98. The van der Waals surface area contributed by atoms with E-state index in [0.717, 1.165) is 51.5 Å². The lowest BCUT2D eigenvalue weighted by Crippen LogP contribution is -2.37. The summed E-state index contributed by atoms with van der Waals surface area (Å²) in [5.74, 6) is 0. The Morgan fingerprint density at radius 1 is 1.38 bits per heavy atom. The van der Waals surface area contributed by atoms with E-state index in [0.29, 0.717) is 0 Å². The van der Waals surface area contributed by atoms with Crippen LogP contribution in [0.5, 0.6) is 0 Å². The maximum atomic E-state index is 5.31. The molecule has 2 heterocycles. The van der Waals surface area contributed by atoms with Crippen LogP contribution in [0.15, 0.2) is 24.5 Å². The molecule has 0 spiro atoms. The fourth-order valence-electron chi connectivity index (χ4n) is 1.83. The van der Waals surface area contributed by atoms with E-state index in [4.69, 9.17) is 4.74 Å². The highest BCUT2D eigenvalue weighted by Crippen LogP contribution is 2.03. The first-order valence-electron chi connectivity index (χ1n) is 5.89. The van der Waals surface area contributed by atoms with Gasteiger partial charge in [0.05, 0.1) is 18.9 Å². The Kier molecular flexibility index (Phi) is 4.58. The Morgan fingerprint density at radius 3 is 3.00 bits per heavy atom. The summed E-state index contributed by atoms with van der Waals surface area (Å²) in [5.41, 5.74) is 1.10. The Balaban J connectivity index is 1.58. The predicted octanol–water partition coefficient (Wildman–Crippen LogP) is 1.22. The van der Waals surface area contributed by atoms with Gasteiger partial charge in [0.1, 0.15) is 0 Å². The zero-order valence-electron chi connectivity index (χ0n) is 9.56. The SMILES string of the molecule is c1cncc(NCCCN2CCOCC2)c1. The van der Waals surface area contributed by atoms with Gasteiger partial charge in [0.2, 0.25) is 0 Å². The number of aromatic nitrogens is 1. The summed E-state index contributed by atoms with van der Waals surface area (Å²) in [6, 6.07) is 3.99. The Hall–Kier alpha value is -1.13. The lowest BCUT2D eigenvalue weighted by molar-refractivity contribution is 0.0378. The van der Waals surface area contributed by atoms with Gasteiger partial charge in [-0.3, -0.25) is 9.88 Å². The molecule has 1 fully saturated rings. The smallest absolute Gasteiger partial charge is 0.0594 e. The molecule has 0 unspecified atom stereocenters. The normalized spacial score (nSPS) is 17.2. The summed E-state index contributed by atoms with van der Waals surface area (Å²) in [6.45, 7) is 6.07. The summed E-state index contributed by atoms with van der Waals surface area (Å²) in [5, 5.41) is 3.36. The van der Waals surface area contributed by atoms with Gasteiger partial charge < -0.3 is 10.1 Å². The largest absolute Gasteiger partial charge is 0.384 e. The van der Waals surface area contributed by atoms with E-state index in [9.17, 15) is 0 Å². The lowest BCUT2D eigenvalue weighted by Gasteiger charge is -2.26. The molecule has 16 heavy (non-hydrogen) atoms. The molecule has 1 aliphatic rings. The van der Waals surface area contributed by atoms with Gasteiger partial charge in [-0.05, 0) is 25.1 Å². The molecule has 0 saturated carbocycles. The molecular formula is C12H19N3O. The fourth-order valence-corrected chi connectivity index (χ4v) is 1.83. The summed E-state index contributed by atoms with van der Waals surface area (Å²) >= 11 is 0. The van der Waals surface area contributed by atoms with E-state index in [1.54, 1.807) is 6.20 Å². The van der Waals surface area contributed by atoms with E-state index in [2.05, 4.69) is 15.2 Å². The molecule has 1 saturated heterocycles. The third kappa shape index (κ3) is 3.79. The van der Waals surface area contributed by atoms with Gasteiger partial charge in [-0.2, -0.15) is 0 Å². The molecule has 4 heteroatoms. The highest BCUT2D eigenvalue weighted by atomic mass is 16.5. The van der Waals surface area contributed by atoms with E-state index in [1.165, 1.54) is 0 Å². The van der Waals surface area contributed by atoms with E-state index in [1.807, 2.05) is 18.3 Å². The number of morpholine rings is 1. The Labute approximate surface area is 96.6 Å². The van der Waals surface area contributed by atoms with Crippen LogP contribution in [-0.4, -0.2) is 49.3 Å². The molecule has 0 amide bonds. The minimum atomic E-state index is 0.885. The van der Waals surface area contributed by atoms with Crippen LogP contribution in [0.1, 0.15) is 6.42 Å².